The number of aliphatic hydroxyl groups excluding tert-OH is 1. The maximum absolute atomic E-state index is 11.5. The third-order valence-electron chi connectivity index (χ3n) is 8.17. The van der Waals surface area contributed by atoms with Gasteiger partial charge in [0.2, 0.25) is 0 Å². The molecule has 3 aromatic rings. The van der Waals surface area contributed by atoms with Gasteiger partial charge >= 0.3 is 29.0 Å². The molecule has 0 radical (unpaired) electrons. The number of aliphatic hydroxyl groups is 1. The zero-order valence-electron chi connectivity index (χ0n) is 24.4. The van der Waals surface area contributed by atoms with E-state index in [0.29, 0.717) is 44.0 Å². The van der Waals surface area contributed by atoms with Crippen LogP contribution < -0.4 is 36.2 Å². The van der Waals surface area contributed by atoms with Crippen molar-refractivity contribution in [3.63, 3.8) is 0 Å². The van der Waals surface area contributed by atoms with Gasteiger partial charge in [0, 0.05) is 18.8 Å². The van der Waals surface area contributed by atoms with Crippen LogP contribution in [0.4, 0.5) is 0 Å². The third kappa shape index (κ3) is 5.94. The van der Waals surface area contributed by atoms with E-state index in [2.05, 4.69) is 6.58 Å². The fraction of sp³-hybridized carbons (Fsp3) is 0.273. The molecule has 3 N–H and O–H groups in total. The van der Waals surface area contributed by atoms with Gasteiger partial charge in [0.1, 0.15) is 0 Å². The SMILES string of the molecule is C=C[C@H]1C2=Cc3[n-]c(c(CCC(=O)O)c3C)C=c3[n-]c(c(C)c3CCC(=O)O)=Cc3[n-]c(/c(=C\O)c3C)=CC(=C1C)[N-]2.[Fe+4]. The van der Waals surface area contributed by atoms with Crippen LogP contribution in [-0.2, 0) is 39.5 Å². The first-order valence-corrected chi connectivity index (χ1v) is 13.7. The largest absolute Gasteiger partial charge is 4.00 e. The molecule has 0 spiro atoms. The van der Waals surface area contributed by atoms with Gasteiger partial charge in [0.15, 0.2) is 0 Å². The molecule has 0 amide bonds. The minimum atomic E-state index is -0.916. The number of hydrogen-bond donors (Lipinski definition) is 3. The van der Waals surface area contributed by atoms with Crippen LogP contribution in [0.1, 0.15) is 64.7 Å². The molecular weight excluding hydrogens is 588 g/mol. The first-order valence-electron chi connectivity index (χ1n) is 13.7. The molecule has 5 rings (SSSR count). The van der Waals surface area contributed by atoms with E-state index >= 15 is 0 Å². The summed E-state index contributed by atoms with van der Waals surface area (Å²) in [5.41, 5.74) is 8.38. The van der Waals surface area contributed by atoms with Crippen LogP contribution in [0.2, 0.25) is 0 Å². The third-order valence-corrected chi connectivity index (χ3v) is 8.17. The number of aromatic nitrogens is 3. The summed E-state index contributed by atoms with van der Waals surface area (Å²) >= 11 is 0. The van der Waals surface area contributed by atoms with Crippen molar-refractivity contribution in [3.05, 3.63) is 101 Å². The molecule has 2 aliphatic rings. The van der Waals surface area contributed by atoms with Gasteiger partial charge in [-0.15, -0.1) is 51.1 Å². The molecule has 43 heavy (non-hydrogen) atoms. The quantitative estimate of drug-likeness (QED) is 0.268. The predicted octanol–water partition coefficient (Wildman–Crippen LogP) is 2.07. The van der Waals surface area contributed by atoms with Crippen molar-refractivity contribution in [3.8, 4) is 0 Å². The number of fused-ring (bicyclic) bond motifs is 8. The summed E-state index contributed by atoms with van der Waals surface area (Å²) in [7, 11) is 0. The van der Waals surface area contributed by atoms with Crippen LogP contribution in [0, 0.1) is 26.7 Å². The standard InChI is InChI=1S/C33H32N4O5.Fe/c1-6-20-16(2)26-13-31-23(15-38)19(5)25(37-31)11-24-17(3)21(7-9-32(39)40)29(35-24)14-30-22(8-10-33(41)42)18(4)27(36-30)12-28(20)34-26;/h6,11-15,20,38H,1,7-10H2,2-5H3,(H,39,40)(H,41,42);/q-4;+4/b23-15-,24-11?,28-12?,29-14?,31-13?;/t20-;/m1./s1. The number of carboxylic acids is 2. The zero-order valence-corrected chi connectivity index (χ0v) is 25.5. The molecule has 2 aliphatic heterocycles. The van der Waals surface area contributed by atoms with Crippen LogP contribution in [0.25, 0.3) is 35.9 Å². The van der Waals surface area contributed by atoms with Crippen LogP contribution in [0.3, 0.4) is 0 Å². The minimum absolute atomic E-state index is 0. The normalized spacial score (nSPS) is 16.0. The maximum atomic E-state index is 11.5. The van der Waals surface area contributed by atoms with E-state index in [1.54, 1.807) is 0 Å². The molecule has 5 heterocycles. The van der Waals surface area contributed by atoms with E-state index in [9.17, 15) is 24.9 Å². The maximum Gasteiger partial charge on any atom is 4.00 e. The second-order valence-corrected chi connectivity index (χ2v) is 10.7. The summed E-state index contributed by atoms with van der Waals surface area (Å²) in [5, 5.41) is 36.2. The number of carbonyl (C=O) groups is 2. The molecule has 222 valence electrons. The first-order chi connectivity index (χ1) is 20.0. The molecule has 9 nitrogen and oxygen atoms in total. The van der Waals surface area contributed by atoms with E-state index in [0.717, 1.165) is 45.3 Å². The molecule has 0 saturated carbocycles. The van der Waals surface area contributed by atoms with Crippen molar-refractivity contribution >= 4 is 42.5 Å². The zero-order chi connectivity index (χ0) is 30.3. The molecule has 0 saturated heterocycles. The van der Waals surface area contributed by atoms with Gasteiger partial charge < -0.3 is 35.6 Å². The summed E-state index contributed by atoms with van der Waals surface area (Å²) < 4.78 is 0. The minimum Gasteiger partial charge on any atom is -0.661 e. The van der Waals surface area contributed by atoms with Gasteiger partial charge in [-0.05, 0) is 45.8 Å². The smallest absolute Gasteiger partial charge is 0.661 e. The Labute approximate surface area is 259 Å². The number of carboxylic acid groups (broad SMARTS) is 2. The first kappa shape index (κ1) is 31.5. The Hall–Kier alpha value is -4.40. The van der Waals surface area contributed by atoms with Gasteiger partial charge in [-0.2, -0.15) is 0 Å². The topological polar surface area (TPSA) is 151 Å². The second-order valence-electron chi connectivity index (χ2n) is 10.7. The van der Waals surface area contributed by atoms with E-state index < -0.39 is 11.9 Å². The van der Waals surface area contributed by atoms with E-state index in [1.165, 1.54) is 0 Å². The number of rotatable bonds is 7. The molecule has 0 fully saturated rings. The van der Waals surface area contributed by atoms with E-state index in [4.69, 9.17) is 20.3 Å². The van der Waals surface area contributed by atoms with Crippen molar-refractivity contribution in [1.82, 2.24) is 15.0 Å². The summed E-state index contributed by atoms with van der Waals surface area (Å²) in [6.07, 6.45) is 10.7. The molecule has 3 aromatic heterocycles. The molecular formula is C33H32FeN4O5. The van der Waals surface area contributed by atoms with E-state index in [-0.39, 0.29) is 48.7 Å². The average Bonchev–Trinajstić information content (AvgIpc) is 3.59. The summed E-state index contributed by atoms with van der Waals surface area (Å²) in [6, 6.07) is 0. The van der Waals surface area contributed by atoms with Gasteiger partial charge in [-0.25, -0.2) is 0 Å². The van der Waals surface area contributed by atoms with Crippen LogP contribution in [-0.4, -0.2) is 27.3 Å². The summed E-state index contributed by atoms with van der Waals surface area (Å²) in [5.74, 6) is -1.98. The molecule has 10 heteroatoms. The Bertz CT molecular complexity index is 1950. The predicted molar refractivity (Wildman–Crippen MR) is 160 cm³/mol. The van der Waals surface area contributed by atoms with Crippen LogP contribution >= 0.6 is 0 Å². The number of aliphatic carboxylic acids is 2. The Kier molecular flexibility index (Phi) is 9.13. The van der Waals surface area contributed by atoms with E-state index in [1.807, 2.05) is 58.1 Å². The fourth-order valence-electron chi connectivity index (χ4n) is 5.66. The van der Waals surface area contributed by atoms with Crippen molar-refractivity contribution in [1.29, 1.82) is 0 Å². The van der Waals surface area contributed by atoms with Gasteiger partial charge in [-0.1, -0.05) is 63.8 Å². The fourth-order valence-corrected chi connectivity index (χ4v) is 5.66. The molecule has 0 aliphatic carbocycles. The Morgan fingerprint density at radius 3 is 2.05 bits per heavy atom. The van der Waals surface area contributed by atoms with Gasteiger partial charge in [0.05, 0.1) is 6.26 Å². The number of nitrogens with zero attached hydrogens (tertiary/aromatic N) is 4. The monoisotopic (exact) mass is 620 g/mol. The van der Waals surface area contributed by atoms with Crippen LogP contribution in [0.5, 0.6) is 0 Å². The van der Waals surface area contributed by atoms with Crippen molar-refractivity contribution < 1.29 is 42.0 Å². The second kappa shape index (κ2) is 12.5. The summed E-state index contributed by atoms with van der Waals surface area (Å²) in [6.45, 7) is 11.7. The Morgan fingerprint density at radius 1 is 0.791 bits per heavy atom. The Balaban J connectivity index is 0.00000423. The van der Waals surface area contributed by atoms with Crippen LogP contribution in [0.15, 0.2) is 29.6 Å². The molecule has 8 bridgehead atoms. The van der Waals surface area contributed by atoms with Gasteiger partial charge in [0.25, 0.3) is 0 Å². The van der Waals surface area contributed by atoms with Crippen molar-refractivity contribution in [2.75, 3.05) is 0 Å². The average molecular weight is 620 g/mol. The summed E-state index contributed by atoms with van der Waals surface area (Å²) in [4.78, 5) is 37.6. The van der Waals surface area contributed by atoms with Crippen molar-refractivity contribution in [2.45, 2.75) is 53.4 Å². The number of hydrogen-bond acceptors (Lipinski definition) is 3. The van der Waals surface area contributed by atoms with Gasteiger partial charge in [-0.3, -0.25) is 9.59 Å². The molecule has 1 atom stereocenters. The Morgan fingerprint density at radius 2 is 1.42 bits per heavy atom. The number of allylic oxidation sites excluding steroid dienone is 2. The van der Waals surface area contributed by atoms with Crippen molar-refractivity contribution in [2.24, 2.45) is 5.92 Å². The molecule has 0 unspecified atom stereocenters. The molecule has 0 aromatic carbocycles.